The molecule has 0 bridgehead atoms. The average molecular weight is 693 g/mol. The van der Waals surface area contributed by atoms with Gasteiger partial charge in [0.05, 0.1) is 35.2 Å². The molecule has 9 nitrogen and oxygen atoms in total. The number of allylic oxidation sites excluding steroid dienone is 4. The fourth-order valence-electron chi connectivity index (χ4n) is 6.17. The number of likely N-dealkylation sites (N-methyl/N-ethyl adjacent to an activating group) is 2. The first-order valence-electron chi connectivity index (χ1n) is 16.0. The third-order valence-corrected chi connectivity index (χ3v) is 8.99. The van der Waals surface area contributed by atoms with Gasteiger partial charge in [0.25, 0.3) is 0 Å². The van der Waals surface area contributed by atoms with Crippen LogP contribution in [0.25, 0.3) is 0 Å². The highest BCUT2D eigenvalue weighted by Gasteiger charge is 2.39. The number of anilines is 1. The summed E-state index contributed by atoms with van der Waals surface area (Å²) < 4.78 is 13.1. The Morgan fingerprint density at radius 3 is 2.59 bits per heavy atom. The van der Waals surface area contributed by atoms with E-state index in [0.29, 0.717) is 51.8 Å². The Kier molecular flexibility index (Phi) is 12.4. The first-order valence-corrected chi connectivity index (χ1v) is 16.8. The largest absolute Gasteiger partial charge is 0.490 e. The number of ether oxygens (including phenoxy) is 2. The van der Waals surface area contributed by atoms with Crippen molar-refractivity contribution in [3.05, 3.63) is 74.5 Å². The van der Waals surface area contributed by atoms with Crippen molar-refractivity contribution in [3.63, 3.8) is 0 Å². The van der Waals surface area contributed by atoms with Crippen LogP contribution in [0.2, 0.25) is 0 Å². The number of Topliss-reactive ketones (excluding diaryl/α,β-unsaturated/α-hetero) is 1. The van der Waals surface area contributed by atoms with Gasteiger partial charge < -0.3 is 25.0 Å². The van der Waals surface area contributed by atoms with Crippen LogP contribution in [0.4, 0.5) is 5.69 Å². The number of benzene rings is 2. The molecule has 2 aromatic rings. The highest BCUT2D eigenvalue weighted by atomic mass is 79.9. The van der Waals surface area contributed by atoms with Crippen molar-refractivity contribution < 1.29 is 19.1 Å². The number of amides is 1. The molecule has 0 spiro atoms. The molecule has 1 heterocycles. The lowest BCUT2D eigenvalue weighted by Crippen LogP contribution is -2.35. The molecule has 4 rings (SSSR count). The van der Waals surface area contributed by atoms with Crippen LogP contribution in [0.5, 0.6) is 11.5 Å². The van der Waals surface area contributed by atoms with Crippen LogP contribution in [0.15, 0.2) is 63.4 Å². The van der Waals surface area contributed by atoms with Gasteiger partial charge in [-0.25, -0.2) is 0 Å². The standard InChI is InChI=1S/C36H46BrN5O4/c1-7-11-24-16-30-35(31(43)17-24)34(27(20-38)23(3)39-30)26-18-28(37)36(32(19-26)45-8-2)46-22-25-12-9-10-13-29(25)40-33(44)21-42(6)15-14-41(4)5/h9-10,12-13,18-19,24,34,39H,7-8,11,14-17,21-22H2,1-6H3,(H,40,44). The maximum atomic E-state index is 13.6. The average Bonchev–Trinajstić information content (AvgIpc) is 2.99. The van der Waals surface area contributed by atoms with Gasteiger partial charge >= 0.3 is 0 Å². The van der Waals surface area contributed by atoms with Crippen molar-refractivity contribution in [2.75, 3.05) is 52.7 Å². The molecule has 1 aliphatic carbocycles. The van der Waals surface area contributed by atoms with Crippen molar-refractivity contribution >= 4 is 33.3 Å². The number of nitrogens with zero attached hydrogens (tertiary/aromatic N) is 3. The highest BCUT2D eigenvalue weighted by Crippen LogP contribution is 2.47. The number of nitriles is 1. The van der Waals surface area contributed by atoms with Gasteiger partial charge in [0.15, 0.2) is 17.3 Å². The molecule has 0 fully saturated rings. The Morgan fingerprint density at radius 1 is 1.13 bits per heavy atom. The first kappa shape index (κ1) is 35.2. The van der Waals surface area contributed by atoms with Crippen LogP contribution < -0.4 is 20.1 Å². The Labute approximate surface area is 281 Å². The summed E-state index contributed by atoms with van der Waals surface area (Å²) in [6.45, 7) is 8.46. The minimum Gasteiger partial charge on any atom is -0.490 e. The minimum atomic E-state index is -0.493. The molecule has 246 valence electrons. The van der Waals surface area contributed by atoms with Gasteiger partial charge in [-0.05, 0) is 93.4 Å². The minimum absolute atomic E-state index is 0.0920. The molecule has 0 saturated carbocycles. The molecule has 2 atom stereocenters. The molecule has 0 saturated heterocycles. The van der Waals surface area contributed by atoms with E-state index in [1.54, 1.807) is 0 Å². The molecule has 46 heavy (non-hydrogen) atoms. The van der Waals surface area contributed by atoms with E-state index in [9.17, 15) is 14.9 Å². The number of dihydropyridines is 1. The number of carbonyl (C=O) groups is 2. The van der Waals surface area contributed by atoms with Crippen LogP contribution in [0.3, 0.4) is 0 Å². The number of halogens is 1. The van der Waals surface area contributed by atoms with Gasteiger partial charge in [-0.1, -0.05) is 31.5 Å². The smallest absolute Gasteiger partial charge is 0.238 e. The normalized spacial score (nSPS) is 18.0. The Morgan fingerprint density at radius 2 is 1.89 bits per heavy atom. The second-order valence-corrected chi connectivity index (χ2v) is 13.2. The molecule has 1 aliphatic heterocycles. The van der Waals surface area contributed by atoms with Gasteiger partial charge in [-0.15, -0.1) is 0 Å². The summed E-state index contributed by atoms with van der Waals surface area (Å²) in [5.41, 5.74) is 5.20. The predicted molar refractivity (Wildman–Crippen MR) is 185 cm³/mol. The van der Waals surface area contributed by atoms with Gasteiger partial charge in [0.2, 0.25) is 5.91 Å². The van der Waals surface area contributed by atoms with Crippen LogP contribution in [-0.4, -0.2) is 68.9 Å². The predicted octanol–water partition coefficient (Wildman–Crippen LogP) is 6.38. The van der Waals surface area contributed by atoms with E-state index in [1.165, 1.54) is 0 Å². The number of carbonyl (C=O) groups excluding carboxylic acids is 2. The van der Waals surface area contributed by atoms with E-state index in [1.807, 2.05) is 76.3 Å². The summed E-state index contributed by atoms with van der Waals surface area (Å²) in [7, 11) is 5.95. The van der Waals surface area contributed by atoms with Crippen molar-refractivity contribution in [2.45, 2.75) is 59.0 Å². The van der Waals surface area contributed by atoms with Crippen LogP contribution in [0, 0.1) is 17.2 Å². The fourth-order valence-corrected chi connectivity index (χ4v) is 6.75. The van der Waals surface area contributed by atoms with Gasteiger partial charge in [-0.2, -0.15) is 5.26 Å². The fraction of sp³-hybridized carbons (Fsp3) is 0.472. The second kappa shape index (κ2) is 16.3. The molecular weight excluding hydrogens is 646 g/mol. The molecule has 2 aliphatic rings. The third kappa shape index (κ3) is 8.58. The summed E-state index contributed by atoms with van der Waals surface area (Å²) >= 11 is 3.71. The van der Waals surface area contributed by atoms with Crippen LogP contribution in [-0.2, 0) is 16.2 Å². The van der Waals surface area contributed by atoms with Crippen molar-refractivity contribution in [2.24, 2.45) is 5.92 Å². The van der Waals surface area contributed by atoms with Crippen molar-refractivity contribution in [3.8, 4) is 17.6 Å². The van der Waals surface area contributed by atoms with E-state index in [4.69, 9.17) is 9.47 Å². The zero-order valence-electron chi connectivity index (χ0n) is 27.8. The number of hydrogen-bond donors (Lipinski definition) is 2. The molecule has 10 heteroatoms. The first-order chi connectivity index (χ1) is 22.1. The zero-order chi connectivity index (χ0) is 33.4. The van der Waals surface area contributed by atoms with Crippen molar-refractivity contribution in [1.82, 2.24) is 15.1 Å². The molecule has 0 aromatic heterocycles. The Bertz CT molecular complexity index is 1540. The maximum absolute atomic E-state index is 13.6. The van der Waals surface area contributed by atoms with E-state index in [0.717, 1.165) is 54.9 Å². The van der Waals surface area contributed by atoms with Gasteiger partial charge in [0, 0.05) is 47.7 Å². The zero-order valence-corrected chi connectivity index (χ0v) is 29.4. The third-order valence-electron chi connectivity index (χ3n) is 8.40. The summed E-state index contributed by atoms with van der Waals surface area (Å²) in [6.07, 6.45) is 3.31. The summed E-state index contributed by atoms with van der Waals surface area (Å²) in [5, 5.41) is 16.6. The summed E-state index contributed by atoms with van der Waals surface area (Å²) in [4.78, 5) is 30.5. The number of hydrogen-bond acceptors (Lipinski definition) is 8. The van der Waals surface area contributed by atoms with E-state index < -0.39 is 5.92 Å². The number of para-hydroxylation sites is 1. The summed E-state index contributed by atoms with van der Waals surface area (Å²) in [5.74, 6) is 0.829. The lowest BCUT2D eigenvalue weighted by Gasteiger charge is -2.35. The quantitative estimate of drug-likeness (QED) is 0.235. The second-order valence-electron chi connectivity index (χ2n) is 12.4. The molecule has 2 aromatic carbocycles. The molecule has 1 amide bonds. The Hall–Kier alpha value is -3.65. The Balaban J connectivity index is 1.59. The molecule has 0 radical (unpaired) electrons. The maximum Gasteiger partial charge on any atom is 0.238 e. The molecular formula is C36H46BrN5O4. The number of nitrogens with one attached hydrogen (secondary N) is 2. The molecule has 2 N–H and O–H groups in total. The SMILES string of the molecule is CCCC1CC(=O)C2=C(C1)NC(C)=C(C#N)C2c1cc(Br)c(OCc2ccccc2NC(=O)CN(C)CCN(C)C)c(OCC)c1. The van der Waals surface area contributed by atoms with Crippen molar-refractivity contribution in [1.29, 1.82) is 5.26 Å². The lowest BCUT2D eigenvalue weighted by molar-refractivity contribution is -0.118. The van der Waals surface area contributed by atoms with E-state index >= 15 is 0 Å². The monoisotopic (exact) mass is 691 g/mol. The van der Waals surface area contributed by atoms with E-state index in [-0.39, 0.29) is 24.8 Å². The topological polar surface area (TPSA) is 107 Å². The van der Waals surface area contributed by atoms with Crippen LogP contribution in [0.1, 0.15) is 63.5 Å². The number of ketones is 1. The van der Waals surface area contributed by atoms with Gasteiger partial charge in [0.1, 0.15) is 6.61 Å². The highest BCUT2D eigenvalue weighted by molar-refractivity contribution is 9.10. The van der Waals surface area contributed by atoms with Gasteiger partial charge in [-0.3, -0.25) is 14.5 Å². The summed E-state index contributed by atoms with van der Waals surface area (Å²) in [6, 6.07) is 13.8. The lowest BCUT2D eigenvalue weighted by atomic mass is 9.72. The van der Waals surface area contributed by atoms with Crippen LogP contribution >= 0.6 is 15.9 Å². The molecule has 2 unspecified atom stereocenters. The van der Waals surface area contributed by atoms with E-state index in [2.05, 4.69) is 44.5 Å². The number of rotatable bonds is 14.